The molecule has 0 radical (unpaired) electrons. The normalized spacial score (nSPS) is 46.0. The van der Waals surface area contributed by atoms with Crippen LogP contribution in [-0.4, -0.2) is 39.4 Å². The van der Waals surface area contributed by atoms with Gasteiger partial charge in [0.25, 0.3) is 0 Å². The molecule has 1 aliphatic rings. The quantitative estimate of drug-likeness (QED) is 0.410. The van der Waals surface area contributed by atoms with Gasteiger partial charge < -0.3 is 15.3 Å². The molecule has 1 fully saturated rings. The Balaban J connectivity index is 2.70. The number of rotatable bonds is 0. The van der Waals surface area contributed by atoms with Crippen molar-refractivity contribution in [3.05, 3.63) is 0 Å². The predicted molar refractivity (Wildman–Crippen MR) is 36.8 cm³/mol. The first-order chi connectivity index (χ1) is 5.04. The fraction of sp³-hybridized carbons (Fsp3) is 0.857. The van der Waals surface area contributed by atoms with Crippen molar-refractivity contribution in [3.63, 3.8) is 0 Å². The SMILES string of the molecule is C[C@@H]1C[C@H](O)[C@@H](O)[C@H](O)C1=O. The fourth-order valence-electron chi connectivity index (χ4n) is 1.29. The lowest BCUT2D eigenvalue weighted by Crippen LogP contribution is -2.50. The molecule has 0 amide bonds. The molecule has 64 valence electrons. The summed E-state index contributed by atoms with van der Waals surface area (Å²) < 4.78 is 0. The molecular weight excluding hydrogens is 148 g/mol. The van der Waals surface area contributed by atoms with Crippen LogP contribution in [0.25, 0.3) is 0 Å². The van der Waals surface area contributed by atoms with Crippen molar-refractivity contribution in [1.82, 2.24) is 0 Å². The zero-order chi connectivity index (χ0) is 8.59. The molecule has 0 aromatic rings. The smallest absolute Gasteiger partial charge is 0.166 e. The summed E-state index contributed by atoms with van der Waals surface area (Å²) in [5.41, 5.74) is 0. The van der Waals surface area contributed by atoms with Crippen molar-refractivity contribution in [2.24, 2.45) is 5.92 Å². The van der Waals surface area contributed by atoms with Gasteiger partial charge in [0.05, 0.1) is 6.10 Å². The molecule has 1 saturated carbocycles. The van der Waals surface area contributed by atoms with Gasteiger partial charge in [-0.05, 0) is 6.42 Å². The Labute approximate surface area is 64.5 Å². The third kappa shape index (κ3) is 1.42. The van der Waals surface area contributed by atoms with Crippen LogP contribution in [0, 0.1) is 5.92 Å². The molecule has 0 aliphatic heterocycles. The van der Waals surface area contributed by atoms with Gasteiger partial charge in [-0.25, -0.2) is 0 Å². The summed E-state index contributed by atoms with van der Waals surface area (Å²) in [6, 6.07) is 0. The van der Waals surface area contributed by atoms with E-state index >= 15 is 0 Å². The molecule has 0 aromatic heterocycles. The number of aliphatic hydroxyl groups is 3. The number of carbonyl (C=O) groups is 1. The Morgan fingerprint density at radius 2 is 1.91 bits per heavy atom. The molecular formula is C7H12O4. The number of hydrogen-bond acceptors (Lipinski definition) is 4. The molecule has 0 bridgehead atoms. The topological polar surface area (TPSA) is 77.8 Å². The van der Waals surface area contributed by atoms with Crippen LogP contribution >= 0.6 is 0 Å². The van der Waals surface area contributed by atoms with E-state index in [1.807, 2.05) is 0 Å². The van der Waals surface area contributed by atoms with Gasteiger partial charge in [-0.1, -0.05) is 6.92 Å². The van der Waals surface area contributed by atoms with Crippen LogP contribution in [0.3, 0.4) is 0 Å². The molecule has 4 atom stereocenters. The molecule has 11 heavy (non-hydrogen) atoms. The standard InChI is InChI=1S/C7H12O4/c1-3-2-4(8)6(10)7(11)5(3)9/h3-4,6-8,10-11H,2H2,1H3/t3-,4+,6-,7-/m1/s1. The van der Waals surface area contributed by atoms with Gasteiger partial charge in [0.1, 0.15) is 12.2 Å². The highest BCUT2D eigenvalue weighted by Gasteiger charge is 2.39. The van der Waals surface area contributed by atoms with Crippen LogP contribution in [-0.2, 0) is 4.79 Å². The van der Waals surface area contributed by atoms with Gasteiger partial charge in [-0.3, -0.25) is 4.79 Å². The molecule has 4 nitrogen and oxygen atoms in total. The highest BCUT2D eigenvalue weighted by molar-refractivity contribution is 5.86. The zero-order valence-corrected chi connectivity index (χ0v) is 6.27. The first kappa shape index (κ1) is 8.64. The van der Waals surface area contributed by atoms with Crippen molar-refractivity contribution >= 4 is 5.78 Å². The lowest BCUT2D eigenvalue weighted by Gasteiger charge is -2.30. The zero-order valence-electron chi connectivity index (χ0n) is 6.27. The minimum Gasteiger partial charge on any atom is -0.390 e. The number of aliphatic hydroxyl groups excluding tert-OH is 3. The molecule has 0 unspecified atom stereocenters. The Morgan fingerprint density at radius 1 is 1.36 bits per heavy atom. The summed E-state index contributed by atoms with van der Waals surface area (Å²) >= 11 is 0. The van der Waals surface area contributed by atoms with Crippen molar-refractivity contribution in [3.8, 4) is 0 Å². The maximum Gasteiger partial charge on any atom is 0.166 e. The molecule has 1 aliphatic carbocycles. The number of carbonyl (C=O) groups excluding carboxylic acids is 1. The molecule has 0 aromatic carbocycles. The van der Waals surface area contributed by atoms with Crippen molar-refractivity contribution in [1.29, 1.82) is 0 Å². The van der Waals surface area contributed by atoms with Gasteiger partial charge in [-0.15, -0.1) is 0 Å². The van der Waals surface area contributed by atoms with E-state index in [-0.39, 0.29) is 18.1 Å². The van der Waals surface area contributed by atoms with E-state index in [4.69, 9.17) is 15.3 Å². The third-order valence-electron chi connectivity index (χ3n) is 2.09. The van der Waals surface area contributed by atoms with E-state index in [1.54, 1.807) is 6.92 Å². The second-order valence-electron chi connectivity index (χ2n) is 3.04. The lowest BCUT2D eigenvalue weighted by atomic mass is 9.83. The monoisotopic (exact) mass is 160 g/mol. The molecule has 0 heterocycles. The van der Waals surface area contributed by atoms with Crippen molar-refractivity contribution in [2.75, 3.05) is 0 Å². The van der Waals surface area contributed by atoms with Crippen LogP contribution < -0.4 is 0 Å². The Kier molecular flexibility index (Phi) is 2.27. The van der Waals surface area contributed by atoms with E-state index in [9.17, 15) is 4.79 Å². The van der Waals surface area contributed by atoms with E-state index in [0.717, 1.165) is 0 Å². The van der Waals surface area contributed by atoms with Gasteiger partial charge in [0.2, 0.25) is 0 Å². The van der Waals surface area contributed by atoms with Crippen molar-refractivity contribution in [2.45, 2.75) is 31.7 Å². The lowest BCUT2D eigenvalue weighted by molar-refractivity contribution is -0.152. The second kappa shape index (κ2) is 2.89. The van der Waals surface area contributed by atoms with Crippen LogP contribution in [0.15, 0.2) is 0 Å². The minimum absolute atomic E-state index is 0.233. The molecule has 0 saturated heterocycles. The molecule has 1 rings (SSSR count). The number of ketones is 1. The van der Waals surface area contributed by atoms with Crippen LogP contribution in [0.4, 0.5) is 0 Å². The molecule has 0 spiro atoms. The minimum atomic E-state index is -1.41. The van der Waals surface area contributed by atoms with Crippen LogP contribution in [0.1, 0.15) is 13.3 Å². The summed E-state index contributed by atoms with van der Waals surface area (Å²) in [4.78, 5) is 11.0. The Bertz CT molecular complexity index is 168. The summed E-state index contributed by atoms with van der Waals surface area (Å²) in [5.74, 6) is -0.744. The van der Waals surface area contributed by atoms with Gasteiger partial charge in [0.15, 0.2) is 5.78 Å². The average Bonchev–Trinajstić information content (AvgIpc) is 1.97. The van der Waals surface area contributed by atoms with E-state index in [1.165, 1.54) is 0 Å². The van der Waals surface area contributed by atoms with E-state index in [0.29, 0.717) is 0 Å². The van der Waals surface area contributed by atoms with Crippen molar-refractivity contribution < 1.29 is 20.1 Å². The fourth-order valence-corrected chi connectivity index (χ4v) is 1.29. The Hall–Kier alpha value is -0.450. The first-order valence-corrected chi connectivity index (χ1v) is 3.62. The average molecular weight is 160 g/mol. The highest BCUT2D eigenvalue weighted by Crippen LogP contribution is 2.21. The maximum atomic E-state index is 11.0. The summed E-state index contributed by atoms with van der Waals surface area (Å²) in [7, 11) is 0. The third-order valence-corrected chi connectivity index (χ3v) is 2.09. The number of Topliss-reactive ketones (excluding diaryl/α,β-unsaturated/α-hetero) is 1. The maximum absolute atomic E-state index is 11.0. The summed E-state index contributed by atoms with van der Waals surface area (Å²) in [6.45, 7) is 1.63. The van der Waals surface area contributed by atoms with Crippen LogP contribution in [0.2, 0.25) is 0 Å². The molecule has 3 N–H and O–H groups in total. The largest absolute Gasteiger partial charge is 0.390 e. The summed E-state index contributed by atoms with van der Waals surface area (Å²) in [6.07, 6.45) is -3.46. The molecule has 4 heteroatoms. The second-order valence-corrected chi connectivity index (χ2v) is 3.04. The number of hydrogen-bond donors (Lipinski definition) is 3. The summed E-state index contributed by atoms with van der Waals surface area (Å²) in [5, 5.41) is 27.1. The van der Waals surface area contributed by atoms with Gasteiger partial charge >= 0.3 is 0 Å². The van der Waals surface area contributed by atoms with Crippen LogP contribution in [0.5, 0.6) is 0 Å². The Morgan fingerprint density at radius 3 is 2.45 bits per heavy atom. The van der Waals surface area contributed by atoms with Gasteiger partial charge in [-0.2, -0.15) is 0 Å². The van der Waals surface area contributed by atoms with E-state index < -0.39 is 18.3 Å². The highest BCUT2D eigenvalue weighted by atomic mass is 16.4. The first-order valence-electron chi connectivity index (χ1n) is 3.62. The van der Waals surface area contributed by atoms with Gasteiger partial charge in [0, 0.05) is 5.92 Å². The van der Waals surface area contributed by atoms with E-state index in [2.05, 4.69) is 0 Å². The predicted octanol–water partition coefficient (Wildman–Crippen LogP) is -1.32.